The first kappa shape index (κ1) is 23.2. The van der Waals surface area contributed by atoms with Gasteiger partial charge in [-0.05, 0) is 57.1 Å². The van der Waals surface area contributed by atoms with Gasteiger partial charge in [0.05, 0.1) is 5.60 Å². The van der Waals surface area contributed by atoms with Crippen molar-refractivity contribution in [1.82, 2.24) is 0 Å². The summed E-state index contributed by atoms with van der Waals surface area (Å²) in [5.74, 6) is -0.342. The second-order valence-electron chi connectivity index (χ2n) is 8.63. The van der Waals surface area contributed by atoms with E-state index in [1.54, 1.807) is 6.07 Å². The fourth-order valence-corrected chi connectivity index (χ4v) is 3.78. The first-order chi connectivity index (χ1) is 12.3. The van der Waals surface area contributed by atoms with E-state index in [9.17, 15) is 14.3 Å². The maximum atomic E-state index is 13.8. The SMILES string of the molecule is CCC(O)(CC)c1ccc(F)cc1NCCC(C)(C)CC(C)(C)OC(N)=O. The van der Waals surface area contributed by atoms with Crippen LogP contribution >= 0.6 is 0 Å². The van der Waals surface area contributed by atoms with Crippen molar-refractivity contribution in [3.8, 4) is 0 Å². The summed E-state index contributed by atoms with van der Waals surface area (Å²) >= 11 is 0. The molecular formula is C21H35FN2O3. The Balaban J connectivity index is 2.84. The quantitative estimate of drug-likeness (QED) is 0.536. The third-order valence-corrected chi connectivity index (χ3v) is 5.05. The largest absolute Gasteiger partial charge is 0.444 e. The van der Waals surface area contributed by atoms with Crippen molar-refractivity contribution in [2.45, 2.75) is 78.4 Å². The molecule has 5 nitrogen and oxygen atoms in total. The minimum Gasteiger partial charge on any atom is -0.444 e. The van der Waals surface area contributed by atoms with Gasteiger partial charge in [0.15, 0.2) is 0 Å². The monoisotopic (exact) mass is 382 g/mol. The molecule has 0 spiro atoms. The zero-order valence-electron chi connectivity index (χ0n) is 17.5. The number of carbonyl (C=O) groups is 1. The molecule has 1 amide bonds. The van der Waals surface area contributed by atoms with Crippen molar-refractivity contribution < 1.29 is 19.0 Å². The van der Waals surface area contributed by atoms with E-state index in [-0.39, 0.29) is 11.2 Å². The third kappa shape index (κ3) is 7.01. The molecule has 0 aliphatic carbocycles. The number of halogens is 1. The summed E-state index contributed by atoms with van der Waals surface area (Å²) in [4.78, 5) is 11.0. The van der Waals surface area contributed by atoms with Crippen molar-refractivity contribution in [3.05, 3.63) is 29.6 Å². The Kier molecular flexibility index (Phi) is 7.66. The van der Waals surface area contributed by atoms with E-state index >= 15 is 0 Å². The predicted molar refractivity (Wildman–Crippen MR) is 107 cm³/mol. The first-order valence-electron chi connectivity index (χ1n) is 9.59. The predicted octanol–water partition coefficient (Wildman–Crippen LogP) is 4.93. The van der Waals surface area contributed by atoms with E-state index in [1.165, 1.54) is 12.1 Å². The number of hydrogen-bond acceptors (Lipinski definition) is 4. The maximum Gasteiger partial charge on any atom is 0.405 e. The van der Waals surface area contributed by atoms with Crippen molar-refractivity contribution in [1.29, 1.82) is 0 Å². The fourth-order valence-electron chi connectivity index (χ4n) is 3.78. The first-order valence-corrected chi connectivity index (χ1v) is 9.59. The Morgan fingerprint density at radius 1 is 1.22 bits per heavy atom. The lowest BCUT2D eigenvalue weighted by Gasteiger charge is -2.34. The van der Waals surface area contributed by atoms with Crippen LogP contribution in [0.3, 0.4) is 0 Å². The molecule has 0 aliphatic heterocycles. The van der Waals surface area contributed by atoms with Crippen molar-refractivity contribution in [2.24, 2.45) is 11.1 Å². The minimum atomic E-state index is -0.983. The summed E-state index contributed by atoms with van der Waals surface area (Å²) in [7, 11) is 0. The van der Waals surface area contributed by atoms with Crippen LogP contribution in [0, 0.1) is 11.2 Å². The Labute approximate surface area is 162 Å². The van der Waals surface area contributed by atoms with E-state index in [4.69, 9.17) is 10.5 Å². The van der Waals surface area contributed by atoms with Crippen LogP contribution < -0.4 is 11.1 Å². The average molecular weight is 383 g/mol. The molecule has 1 aromatic rings. The molecule has 0 saturated carbocycles. The topological polar surface area (TPSA) is 84.6 Å². The molecule has 1 rings (SSSR count). The third-order valence-electron chi connectivity index (χ3n) is 5.05. The number of carbonyl (C=O) groups excluding carboxylic acids is 1. The van der Waals surface area contributed by atoms with Crippen LogP contribution in [0.15, 0.2) is 18.2 Å². The number of ether oxygens (including phenoxy) is 1. The van der Waals surface area contributed by atoms with Crippen molar-refractivity contribution in [2.75, 3.05) is 11.9 Å². The number of primary amides is 1. The van der Waals surface area contributed by atoms with Gasteiger partial charge in [-0.2, -0.15) is 0 Å². The van der Waals surface area contributed by atoms with Gasteiger partial charge in [0.2, 0.25) is 0 Å². The molecule has 154 valence electrons. The number of aliphatic hydroxyl groups is 1. The van der Waals surface area contributed by atoms with Crippen LogP contribution in [0.4, 0.5) is 14.9 Å². The molecule has 0 heterocycles. The highest BCUT2D eigenvalue weighted by atomic mass is 19.1. The van der Waals surface area contributed by atoms with Gasteiger partial charge in [0.1, 0.15) is 11.4 Å². The summed E-state index contributed by atoms with van der Waals surface area (Å²) in [5.41, 5.74) is 4.69. The highest BCUT2D eigenvalue weighted by Crippen LogP contribution is 2.36. The molecule has 4 N–H and O–H groups in total. The van der Waals surface area contributed by atoms with Crippen molar-refractivity contribution in [3.63, 3.8) is 0 Å². The molecule has 0 atom stereocenters. The summed E-state index contributed by atoms with van der Waals surface area (Å²) in [6.45, 7) is 12.3. The molecule has 0 aliphatic rings. The second-order valence-corrected chi connectivity index (χ2v) is 8.63. The molecule has 0 fully saturated rings. The summed E-state index contributed by atoms with van der Waals surface area (Å²) in [6.07, 6.45) is 1.72. The number of benzene rings is 1. The van der Waals surface area contributed by atoms with Gasteiger partial charge in [-0.3, -0.25) is 0 Å². The van der Waals surface area contributed by atoms with Crippen LogP contribution in [0.1, 0.15) is 72.8 Å². The maximum absolute atomic E-state index is 13.8. The van der Waals surface area contributed by atoms with E-state index in [0.717, 1.165) is 6.42 Å². The van der Waals surface area contributed by atoms with E-state index in [1.807, 2.05) is 27.7 Å². The smallest absolute Gasteiger partial charge is 0.405 e. The molecule has 6 heteroatoms. The van der Waals surface area contributed by atoms with Gasteiger partial charge >= 0.3 is 6.09 Å². The number of nitrogens with one attached hydrogen (secondary N) is 1. The summed E-state index contributed by atoms with van der Waals surface area (Å²) < 4.78 is 18.9. The van der Waals surface area contributed by atoms with Crippen LogP contribution in [-0.4, -0.2) is 23.3 Å². The van der Waals surface area contributed by atoms with Gasteiger partial charge in [-0.25, -0.2) is 9.18 Å². The van der Waals surface area contributed by atoms with Gasteiger partial charge in [-0.15, -0.1) is 0 Å². The molecule has 0 unspecified atom stereocenters. The molecule has 27 heavy (non-hydrogen) atoms. The van der Waals surface area contributed by atoms with Crippen LogP contribution in [-0.2, 0) is 10.3 Å². The van der Waals surface area contributed by atoms with E-state index in [0.29, 0.717) is 37.1 Å². The summed E-state index contributed by atoms with van der Waals surface area (Å²) in [5, 5.41) is 14.1. The highest BCUT2D eigenvalue weighted by Gasteiger charge is 2.32. The second kappa shape index (κ2) is 8.91. The molecule has 0 radical (unpaired) electrons. The van der Waals surface area contributed by atoms with Gasteiger partial charge in [-0.1, -0.05) is 33.8 Å². The van der Waals surface area contributed by atoms with Gasteiger partial charge in [0, 0.05) is 17.8 Å². The molecule has 0 bridgehead atoms. The lowest BCUT2D eigenvalue weighted by atomic mass is 9.79. The molecule has 0 aromatic heterocycles. The van der Waals surface area contributed by atoms with Gasteiger partial charge in [0.25, 0.3) is 0 Å². The summed E-state index contributed by atoms with van der Waals surface area (Å²) in [6, 6.07) is 4.46. The lowest BCUT2D eigenvalue weighted by molar-refractivity contribution is 0.0106. The van der Waals surface area contributed by atoms with E-state index < -0.39 is 17.3 Å². The minimum absolute atomic E-state index is 0.134. The normalized spacial score (nSPS) is 12.7. The Morgan fingerprint density at radius 2 is 1.81 bits per heavy atom. The zero-order valence-corrected chi connectivity index (χ0v) is 17.5. The van der Waals surface area contributed by atoms with Crippen LogP contribution in [0.25, 0.3) is 0 Å². The molecular weight excluding hydrogens is 347 g/mol. The van der Waals surface area contributed by atoms with Crippen molar-refractivity contribution >= 4 is 11.8 Å². The Bertz CT molecular complexity index is 640. The highest BCUT2D eigenvalue weighted by molar-refractivity contribution is 5.65. The fraction of sp³-hybridized carbons (Fsp3) is 0.667. The molecule has 0 saturated heterocycles. The Morgan fingerprint density at radius 3 is 2.33 bits per heavy atom. The van der Waals surface area contributed by atoms with E-state index in [2.05, 4.69) is 19.2 Å². The van der Waals surface area contributed by atoms with Crippen LogP contribution in [0.5, 0.6) is 0 Å². The Hall–Kier alpha value is -1.82. The number of rotatable bonds is 10. The standard InChI is InChI=1S/C21H35FN2O3/c1-7-21(26,8-2)16-10-9-15(22)13-17(16)24-12-11-19(3,4)14-20(5,6)27-18(23)25/h9-10,13,24,26H,7-8,11-12,14H2,1-6H3,(H2,23,25). The van der Waals surface area contributed by atoms with Gasteiger partial charge < -0.3 is 20.9 Å². The number of anilines is 1. The average Bonchev–Trinajstić information content (AvgIpc) is 2.51. The number of hydrogen-bond donors (Lipinski definition) is 3. The van der Waals surface area contributed by atoms with Crippen LogP contribution in [0.2, 0.25) is 0 Å². The number of amides is 1. The zero-order chi connectivity index (χ0) is 20.9. The lowest BCUT2D eigenvalue weighted by Crippen LogP contribution is -2.36. The molecule has 1 aromatic carbocycles. The number of nitrogens with two attached hydrogens (primary N) is 1.